The first kappa shape index (κ1) is 12.2. The molecule has 0 saturated carbocycles. The van der Waals surface area contributed by atoms with Gasteiger partial charge in [-0.25, -0.2) is 0 Å². The average molecular weight is 233 g/mol. The summed E-state index contributed by atoms with van der Waals surface area (Å²) in [5, 5.41) is 6.82. The zero-order chi connectivity index (χ0) is 12.1. The number of hydrogen-bond acceptors (Lipinski definition) is 3. The fourth-order valence-corrected chi connectivity index (χ4v) is 2.36. The molecule has 0 spiro atoms. The van der Waals surface area contributed by atoms with Crippen LogP contribution in [0.25, 0.3) is 0 Å². The molecule has 0 atom stereocenters. The molecule has 1 aromatic rings. The van der Waals surface area contributed by atoms with Crippen LogP contribution in [-0.2, 0) is 6.42 Å². The highest BCUT2D eigenvalue weighted by molar-refractivity contribution is 5.61. The van der Waals surface area contributed by atoms with Crippen molar-refractivity contribution in [2.75, 3.05) is 42.9 Å². The Bertz CT molecular complexity index is 356. The van der Waals surface area contributed by atoms with Gasteiger partial charge in [0.05, 0.1) is 0 Å². The monoisotopic (exact) mass is 233 g/mol. The minimum atomic E-state index is 0.986. The van der Waals surface area contributed by atoms with E-state index in [1.807, 2.05) is 0 Å². The summed E-state index contributed by atoms with van der Waals surface area (Å²) in [7, 11) is 0. The molecule has 2 rings (SSSR count). The molecule has 0 amide bonds. The fraction of sp³-hybridized carbons (Fsp3) is 0.571. The van der Waals surface area contributed by atoms with E-state index in [0.717, 1.165) is 39.1 Å². The lowest BCUT2D eigenvalue weighted by molar-refractivity contribution is 0.589. The minimum Gasteiger partial charge on any atom is -0.385 e. The molecule has 3 nitrogen and oxygen atoms in total. The van der Waals surface area contributed by atoms with Gasteiger partial charge in [0.2, 0.25) is 0 Å². The summed E-state index contributed by atoms with van der Waals surface area (Å²) in [4.78, 5) is 2.46. The highest BCUT2D eigenvalue weighted by atomic mass is 15.2. The third-order valence-electron chi connectivity index (χ3n) is 3.32. The summed E-state index contributed by atoms with van der Waals surface area (Å²) in [5.74, 6) is 0. The number of aryl methyl sites for hydroxylation is 1. The third-order valence-corrected chi connectivity index (χ3v) is 3.32. The minimum absolute atomic E-state index is 0.986. The van der Waals surface area contributed by atoms with Crippen molar-refractivity contribution in [2.24, 2.45) is 0 Å². The Morgan fingerprint density at radius 1 is 1.24 bits per heavy atom. The smallest absolute Gasteiger partial charge is 0.0374 e. The summed E-state index contributed by atoms with van der Waals surface area (Å²) >= 11 is 0. The van der Waals surface area contributed by atoms with E-state index in [0.29, 0.717) is 0 Å². The van der Waals surface area contributed by atoms with Crippen LogP contribution in [0.3, 0.4) is 0 Å². The number of hydrogen-bond donors (Lipinski definition) is 2. The van der Waals surface area contributed by atoms with Gasteiger partial charge in [0.1, 0.15) is 0 Å². The topological polar surface area (TPSA) is 27.3 Å². The molecule has 17 heavy (non-hydrogen) atoms. The molecular weight excluding hydrogens is 210 g/mol. The molecule has 1 heterocycles. The number of nitrogens with one attached hydrogen (secondary N) is 2. The fourth-order valence-electron chi connectivity index (χ4n) is 2.36. The van der Waals surface area contributed by atoms with Crippen LogP contribution in [0, 0.1) is 0 Å². The Balaban J connectivity index is 2.17. The standard InChI is InChI=1S/C14H23N3/c1-3-12-11-13(5-6-14(12)16-4-2)17-9-7-15-8-10-17/h5-6,11,15-16H,3-4,7-10H2,1-2H3. The molecule has 2 N–H and O–H groups in total. The zero-order valence-corrected chi connectivity index (χ0v) is 10.9. The first-order valence-electron chi connectivity index (χ1n) is 6.67. The van der Waals surface area contributed by atoms with Gasteiger partial charge in [-0.3, -0.25) is 0 Å². The summed E-state index contributed by atoms with van der Waals surface area (Å²) in [6.07, 6.45) is 1.09. The Kier molecular flexibility index (Phi) is 4.26. The number of piperazine rings is 1. The summed E-state index contributed by atoms with van der Waals surface area (Å²) < 4.78 is 0. The lowest BCUT2D eigenvalue weighted by Gasteiger charge is -2.30. The van der Waals surface area contributed by atoms with Crippen LogP contribution in [0.15, 0.2) is 18.2 Å². The van der Waals surface area contributed by atoms with E-state index in [2.05, 4.69) is 47.6 Å². The lowest BCUT2D eigenvalue weighted by atomic mass is 10.1. The van der Waals surface area contributed by atoms with Crippen molar-refractivity contribution < 1.29 is 0 Å². The molecule has 1 fully saturated rings. The molecule has 3 heteroatoms. The van der Waals surface area contributed by atoms with E-state index < -0.39 is 0 Å². The maximum atomic E-state index is 3.43. The number of nitrogens with zero attached hydrogens (tertiary/aromatic N) is 1. The van der Waals surface area contributed by atoms with Crippen LogP contribution in [0.2, 0.25) is 0 Å². The van der Waals surface area contributed by atoms with Crippen molar-refractivity contribution in [1.82, 2.24) is 5.32 Å². The highest BCUT2D eigenvalue weighted by Gasteiger charge is 2.11. The van der Waals surface area contributed by atoms with Crippen molar-refractivity contribution in [3.63, 3.8) is 0 Å². The van der Waals surface area contributed by atoms with E-state index >= 15 is 0 Å². The van der Waals surface area contributed by atoms with E-state index in [-0.39, 0.29) is 0 Å². The second-order valence-electron chi connectivity index (χ2n) is 4.46. The largest absolute Gasteiger partial charge is 0.385 e. The van der Waals surface area contributed by atoms with Crippen molar-refractivity contribution in [1.29, 1.82) is 0 Å². The first-order valence-corrected chi connectivity index (χ1v) is 6.67. The van der Waals surface area contributed by atoms with Gasteiger partial charge >= 0.3 is 0 Å². The normalized spacial score (nSPS) is 16.0. The Morgan fingerprint density at radius 2 is 2.00 bits per heavy atom. The van der Waals surface area contributed by atoms with Gasteiger partial charge in [0.15, 0.2) is 0 Å². The van der Waals surface area contributed by atoms with Crippen LogP contribution in [-0.4, -0.2) is 32.7 Å². The van der Waals surface area contributed by atoms with Gasteiger partial charge in [-0.05, 0) is 37.1 Å². The Morgan fingerprint density at radius 3 is 2.65 bits per heavy atom. The predicted octanol–water partition coefficient (Wildman–Crippen LogP) is 2.09. The van der Waals surface area contributed by atoms with E-state index in [9.17, 15) is 0 Å². The van der Waals surface area contributed by atoms with Gasteiger partial charge in [-0.2, -0.15) is 0 Å². The quantitative estimate of drug-likeness (QED) is 0.834. The van der Waals surface area contributed by atoms with E-state index in [1.165, 1.54) is 16.9 Å². The molecule has 0 bridgehead atoms. The molecule has 0 unspecified atom stereocenters. The van der Waals surface area contributed by atoms with Crippen LogP contribution in [0.5, 0.6) is 0 Å². The molecule has 94 valence electrons. The second kappa shape index (κ2) is 5.92. The average Bonchev–Trinajstić information content (AvgIpc) is 2.40. The van der Waals surface area contributed by atoms with Crippen LogP contribution in [0.4, 0.5) is 11.4 Å². The van der Waals surface area contributed by atoms with E-state index in [4.69, 9.17) is 0 Å². The summed E-state index contributed by atoms with van der Waals surface area (Å²) in [6.45, 7) is 9.77. The summed E-state index contributed by atoms with van der Waals surface area (Å²) in [5.41, 5.74) is 4.07. The van der Waals surface area contributed by atoms with Gasteiger partial charge in [-0.1, -0.05) is 6.92 Å². The highest BCUT2D eigenvalue weighted by Crippen LogP contribution is 2.24. The van der Waals surface area contributed by atoms with Crippen LogP contribution in [0.1, 0.15) is 19.4 Å². The number of benzene rings is 1. The molecule has 0 radical (unpaired) electrons. The van der Waals surface area contributed by atoms with Crippen molar-refractivity contribution in [3.8, 4) is 0 Å². The van der Waals surface area contributed by atoms with Crippen molar-refractivity contribution >= 4 is 11.4 Å². The molecule has 1 aromatic carbocycles. The van der Waals surface area contributed by atoms with Crippen molar-refractivity contribution in [3.05, 3.63) is 23.8 Å². The van der Waals surface area contributed by atoms with Gasteiger partial charge in [0.25, 0.3) is 0 Å². The maximum Gasteiger partial charge on any atom is 0.0374 e. The molecule has 1 saturated heterocycles. The van der Waals surface area contributed by atoms with Gasteiger partial charge < -0.3 is 15.5 Å². The molecular formula is C14H23N3. The van der Waals surface area contributed by atoms with E-state index in [1.54, 1.807) is 0 Å². The molecule has 0 aromatic heterocycles. The molecule has 1 aliphatic heterocycles. The first-order chi connectivity index (χ1) is 8.35. The Labute approximate surface area is 104 Å². The summed E-state index contributed by atoms with van der Waals surface area (Å²) in [6, 6.07) is 6.80. The zero-order valence-electron chi connectivity index (χ0n) is 10.9. The number of anilines is 2. The third kappa shape index (κ3) is 2.91. The lowest BCUT2D eigenvalue weighted by Crippen LogP contribution is -2.43. The van der Waals surface area contributed by atoms with Crippen LogP contribution >= 0.6 is 0 Å². The van der Waals surface area contributed by atoms with Crippen LogP contribution < -0.4 is 15.5 Å². The Hall–Kier alpha value is -1.22. The van der Waals surface area contributed by atoms with Gasteiger partial charge in [0, 0.05) is 44.1 Å². The maximum absolute atomic E-state index is 3.43. The second-order valence-corrected chi connectivity index (χ2v) is 4.46. The number of rotatable bonds is 4. The molecule has 1 aliphatic rings. The van der Waals surface area contributed by atoms with Gasteiger partial charge in [-0.15, -0.1) is 0 Å². The molecule has 0 aliphatic carbocycles. The predicted molar refractivity (Wildman–Crippen MR) is 75.1 cm³/mol. The SMILES string of the molecule is CCNc1ccc(N2CCNCC2)cc1CC. The van der Waals surface area contributed by atoms with Crippen molar-refractivity contribution in [2.45, 2.75) is 20.3 Å².